The molecule has 0 aromatic heterocycles. The molecule has 1 saturated heterocycles. The van der Waals surface area contributed by atoms with E-state index < -0.39 is 0 Å². The first kappa shape index (κ1) is 28.1. The minimum atomic E-state index is -0.128. The van der Waals surface area contributed by atoms with Gasteiger partial charge in [-0.05, 0) is 73.1 Å². The summed E-state index contributed by atoms with van der Waals surface area (Å²) in [4.78, 5) is 33.9. The number of likely N-dealkylation sites (N-methyl/N-ethyl adjacent to an activating group) is 1. The zero-order valence-electron chi connectivity index (χ0n) is 22.7. The Hall–Kier alpha value is -3.46. The number of halogens is 1. The van der Waals surface area contributed by atoms with E-state index in [1.165, 1.54) is 17.4 Å². The third-order valence-corrected chi connectivity index (χ3v) is 8.50. The standard InChI is InChI=1S/C31H33ClN4O3S/c1-34-27-20-23(10-11-28(27)40-29(31(34)38)19-22-6-3-9-26(18-22)39-2)30(37)33-12-5-13-35-14-16-36(17-15-35)25-8-4-7-24(32)21-25/h3-4,6-11,18-21H,5,12-17H2,1-2H3,(H,33,37)/b29-19-. The molecule has 0 spiro atoms. The molecule has 2 aliphatic rings. The zero-order valence-corrected chi connectivity index (χ0v) is 24.3. The van der Waals surface area contributed by atoms with Crippen LogP contribution in [0.15, 0.2) is 76.5 Å². The van der Waals surface area contributed by atoms with E-state index in [2.05, 4.69) is 21.2 Å². The average molecular weight is 577 g/mol. The molecule has 0 aliphatic carbocycles. The highest BCUT2D eigenvalue weighted by Crippen LogP contribution is 2.42. The minimum Gasteiger partial charge on any atom is -0.497 e. The number of piperazine rings is 1. The minimum absolute atomic E-state index is 0.103. The molecule has 0 saturated carbocycles. The van der Waals surface area contributed by atoms with Crippen LogP contribution in [0.25, 0.3) is 6.08 Å². The van der Waals surface area contributed by atoms with Gasteiger partial charge in [0, 0.05) is 60.9 Å². The van der Waals surface area contributed by atoms with Crippen LogP contribution in [0.4, 0.5) is 11.4 Å². The Labute approximate surface area is 244 Å². The molecule has 5 rings (SSSR count). The van der Waals surface area contributed by atoms with Gasteiger partial charge < -0.3 is 19.9 Å². The molecule has 7 nitrogen and oxygen atoms in total. The Balaban J connectivity index is 1.12. The van der Waals surface area contributed by atoms with Gasteiger partial charge in [-0.15, -0.1) is 0 Å². The van der Waals surface area contributed by atoms with Crippen molar-refractivity contribution in [2.75, 3.05) is 63.2 Å². The van der Waals surface area contributed by atoms with Crippen LogP contribution < -0.4 is 19.9 Å². The van der Waals surface area contributed by atoms with E-state index in [1.54, 1.807) is 25.1 Å². The normalized spacial score (nSPS) is 16.7. The summed E-state index contributed by atoms with van der Waals surface area (Å²) in [5.74, 6) is 0.508. The summed E-state index contributed by atoms with van der Waals surface area (Å²) in [5.41, 5.74) is 3.35. The van der Waals surface area contributed by atoms with Crippen LogP contribution in [0, 0.1) is 0 Å². The van der Waals surface area contributed by atoms with Gasteiger partial charge in [0.15, 0.2) is 0 Å². The van der Waals surface area contributed by atoms with E-state index in [0.717, 1.165) is 66.1 Å². The summed E-state index contributed by atoms with van der Waals surface area (Å²) in [6.07, 6.45) is 2.74. The van der Waals surface area contributed by atoms with Crippen LogP contribution in [0.5, 0.6) is 5.75 Å². The molecular weight excluding hydrogens is 544 g/mol. The maximum atomic E-state index is 13.1. The molecule has 2 aliphatic heterocycles. The van der Waals surface area contributed by atoms with E-state index in [-0.39, 0.29) is 11.8 Å². The van der Waals surface area contributed by atoms with Crippen molar-refractivity contribution >= 4 is 52.6 Å². The molecule has 0 radical (unpaired) electrons. The lowest BCUT2D eigenvalue weighted by atomic mass is 10.1. The van der Waals surface area contributed by atoms with Crippen molar-refractivity contribution < 1.29 is 14.3 Å². The van der Waals surface area contributed by atoms with Gasteiger partial charge in [-0.25, -0.2) is 0 Å². The maximum absolute atomic E-state index is 13.1. The smallest absolute Gasteiger partial charge is 0.264 e. The number of amides is 2. The molecule has 3 aromatic rings. The van der Waals surface area contributed by atoms with Crippen molar-refractivity contribution in [1.29, 1.82) is 0 Å². The van der Waals surface area contributed by atoms with Gasteiger partial charge in [0.05, 0.1) is 17.7 Å². The van der Waals surface area contributed by atoms with Crippen LogP contribution in [-0.2, 0) is 4.79 Å². The quantitative estimate of drug-likeness (QED) is 0.286. The van der Waals surface area contributed by atoms with Gasteiger partial charge in [-0.1, -0.05) is 41.6 Å². The molecule has 0 unspecified atom stereocenters. The van der Waals surface area contributed by atoms with Crippen LogP contribution in [0.3, 0.4) is 0 Å². The fraction of sp³-hybridized carbons (Fsp3) is 0.290. The summed E-state index contributed by atoms with van der Waals surface area (Å²) < 4.78 is 5.29. The molecule has 2 amide bonds. The van der Waals surface area contributed by atoms with Crippen LogP contribution in [0.1, 0.15) is 22.3 Å². The van der Waals surface area contributed by atoms with Crippen molar-refractivity contribution in [3.05, 3.63) is 87.8 Å². The Morgan fingerprint density at radius 1 is 1.05 bits per heavy atom. The van der Waals surface area contributed by atoms with E-state index in [1.807, 2.05) is 60.7 Å². The summed E-state index contributed by atoms with van der Waals surface area (Å²) in [5, 5.41) is 3.80. The Morgan fingerprint density at radius 2 is 1.85 bits per heavy atom. The second-order valence-electron chi connectivity index (χ2n) is 9.85. The molecule has 1 fully saturated rings. The largest absolute Gasteiger partial charge is 0.497 e. The summed E-state index contributed by atoms with van der Waals surface area (Å²) in [7, 11) is 3.37. The van der Waals surface area contributed by atoms with Gasteiger partial charge in [-0.3, -0.25) is 14.5 Å². The Bertz CT molecular complexity index is 1420. The number of benzene rings is 3. The molecule has 40 heavy (non-hydrogen) atoms. The molecule has 9 heteroatoms. The Morgan fingerprint density at radius 3 is 2.62 bits per heavy atom. The highest BCUT2D eigenvalue weighted by atomic mass is 35.5. The number of rotatable bonds is 8. The first-order valence-electron chi connectivity index (χ1n) is 13.4. The number of thioether (sulfide) groups is 1. The number of ether oxygens (including phenoxy) is 1. The monoisotopic (exact) mass is 576 g/mol. The summed E-state index contributed by atoms with van der Waals surface area (Å²) in [6, 6.07) is 21.1. The number of carbonyl (C=O) groups excluding carboxylic acids is 2. The van der Waals surface area contributed by atoms with E-state index in [9.17, 15) is 9.59 Å². The number of hydrogen-bond donors (Lipinski definition) is 1. The summed E-state index contributed by atoms with van der Waals surface area (Å²) >= 11 is 7.56. The van der Waals surface area contributed by atoms with E-state index >= 15 is 0 Å². The van der Waals surface area contributed by atoms with Crippen LogP contribution >= 0.6 is 23.4 Å². The summed E-state index contributed by atoms with van der Waals surface area (Å²) in [6.45, 7) is 5.42. The first-order chi connectivity index (χ1) is 19.4. The number of methoxy groups -OCH3 is 1. The molecule has 2 heterocycles. The number of anilines is 2. The predicted molar refractivity (Wildman–Crippen MR) is 164 cm³/mol. The second kappa shape index (κ2) is 12.8. The SMILES string of the molecule is COc1cccc(/C=C2\Sc3ccc(C(=O)NCCCN4CCN(c5cccc(Cl)c5)CC4)cc3N(C)C2=O)c1. The number of fused-ring (bicyclic) bond motifs is 1. The van der Waals surface area contributed by atoms with Crippen LogP contribution in [-0.4, -0.2) is 70.1 Å². The van der Waals surface area contributed by atoms with Gasteiger partial charge >= 0.3 is 0 Å². The number of carbonyl (C=O) groups is 2. The van der Waals surface area contributed by atoms with Crippen molar-refractivity contribution in [2.24, 2.45) is 0 Å². The molecule has 1 N–H and O–H groups in total. The van der Waals surface area contributed by atoms with Crippen molar-refractivity contribution in [2.45, 2.75) is 11.3 Å². The fourth-order valence-electron chi connectivity index (χ4n) is 4.93. The average Bonchev–Trinajstić information content (AvgIpc) is 2.98. The maximum Gasteiger partial charge on any atom is 0.264 e. The number of nitrogens with zero attached hydrogens (tertiary/aromatic N) is 3. The predicted octanol–water partition coefficient (Wildman–Crippen LogP) is 5.40. The molecule has 0 bridgehead atoms. The molecule has 3 aromatic carbocycles. The third kappa shape index (κ3) is 6.63. The highest BCUT2D eigenvalue weighted by molar-refractivity contribution is 8.04. The van der Waals surface area contributed by atoms with Gasteiger partial charge in [-0.2, -0.15) is 0 Å². The van der Waals surface area contributed by atoms with Crippen molar-refractivity contribution in [3.8, 4) is 5.75 Å². The Kier molecular flexibility index (Phi) is 8.99. The number of hydrogen-bond acceptors (Lipinski definition) is 6. The second-order valence-corrected chi connectivity index (χ2v) is 11.4. The lowest BCUT2D eigenvalue weighted by molar-refractivity contribution is -0.114. The van der Waals surface area contributed by atoms with Crippen molar-refractivity contribution in [3.63, 3.8) is 0 Å². The van der Waals surface area contributed by atoms with Gasteiger partial charge in [0.2, 0.25) is 0 Å². The lowest BCUT2D eigenvalue weighted by Gasteiger charge is -2.36. The number of nitrogens with one attached hydrogen (secondary N) is 1. The molecule has 208 valence electrons. The highest BCUT2D eigenvalue weighted by Gasteiger charge is 2.27. The lowest BCUT2D eigenvalue weighted by Crippen LogP contribution is -2.47. The van der Waals surface area contributed by atoms with Gasteiger partial charge in [0.1, 0.15) is 5.75 Å². The van der Waals surface area contributed by atoms with Gasteiger partial charge in [0.25, 0.3) is 11.8 Å². The van der Waals surface area contributed by atoms with Crippen molar-refractivity contribution in [1.82, 2.24) is 10.2 Å². The topological polar surface area (TPSA) is 65.1 Å². The third-order valence-electron chi connectivity index (χ3n) is 7.19. The first-order valence-corrected chi connectivity index (χ1v) is 14.6. The van der Waals surface area contributed by atoms with E-state index in [4.69, 9.17) is 16.3 Å². The molecular formula is C31H33ClN4O3S. The zero-order chi connectivity index (χ0) is 28.1. The molecule has 0 atom stereocenters. The fourth-order valence-corrected chi connectivity index (χ4v) is 6.20. The van der Waals surface area contributed by atoms with E-state index in [0.29, 0.717) is 17.0 Å². The van der Waals surface area contributed by atoms with Crippen LogP contribution in [0.2, 0.25) is 5.02 Å².